The zero-order valence-electron chi connectivity index (χ0n) is 33.7. The molecule has 1 saturated heterocycles. The van der Waals surface area contributed by atoms with Crippen molar-refractivity contribution in [2.45, 2.75) is 133 Å². The Hall–Kier alpha value is -2.36. The molecule has 51 heavy (non-hydrogen) atoms. The topological polar surface area (TPSA) is 168 Å². The Morgan fingerprint density at radius 2 is 1.45 bits per heavy atom. The Bertz CT molecular complexity index is 1140. The summed E-state index contributed by atoms with van der Waals surface area (Å²) in [5.74, 6) is -0.363. The first-order chi connectivity index (χ1) is 22.5. The van der Waals surface area contributed by atoms with Gasteiger partial charge < -0.3 is 38.3 Å². The summed E-state index contributed by atoms with van der Waals surface area (Å²) in [6, 6.07) is 9.77. The van der Waals surface area contributed by atoms with Gasteiger partial charge in [0.15, 0.2) is 5.78 Å². The summed E-state index contributed by atoms with van der Waals surface area (Å²) in [5, 5.41) is 22.1. The van der Waals surface area contributed by atoms with E-state index < -0.39 is 36.1 Å². The van der Waals surface area contributed by atoms with Gasteiger partial charge in [-0.1, -0.05) is 99.6 Å². The maximum absolute atomic E-state index is 11.8. The third-order valence-electron chi connectivity index (χ3n) is 8.67. The molecular weight excluding hydrogens is 745 g/mol. The van der Waals surface area contributed by atoms with E-state index in [4.69, 9.17) is 25.5 Å². The Balaban J connectivity index is -0.000000690. The van der Waals surface area contributed by atoms with Gasteiger partial charge >= 0.3 is 18.0 Å². The van der Waals surface area contributed by atoms with Gasteiger partial charge in [0.1, 0.15) is 12.2 Å². The summed E-state index contributed by atoms with van der Waals surface area (Å²) in [6.07, 6.45) is 0.898. The minimum absolute atomic E-state index is 0. The van der Waals surface area contributed by atoms with E-state index in [1.807, 2.05) is 57.9 Å². The number of alkyl carbamates (subject to hydrolysis) is 1. The van der Waals surface area contributed by atoms with Gasteiger partial charge in [-0.05, 0) is 62.8 Å². The molecule has 1 aliphatic heterocycles. The number of nitrogens with zero attached hydrogens (tertiary/aromatic N) is 1. The molecule has 12 heteroatoms. The molecule has 1 amide bonds. The molecule has 1 fully saturated rings. The van der Waals surface area contributed by atoms with Gasteiger partial charge in [-0.25, -0.2) is 9.59 Å². The number of rotatable bonds is 14. The Labute approximate surface area is 322 Å². The summed E-state index contributed by atoms with van der Waals surface area (Å²) < 4.78 is 5.19. The van der Waals surface area contributed by atoms with Crippen LogP contribution in [0.3, 0.4) is 0 Å². The number of carbonyl (C=O) groups excluding carboxylic acids is 3. The van der Waals surface area contributed by atoms with Crippen molar-refractivity contribution in [3.05, 3.63) is 43.3 Å². The second kappa shape index (κ2) is 25.6. The number of ether oxygens (including phenoxy) is 1. The Kier molecular flexibility index (Phi) is 26.6. The van der Waals surface area contributed by atoms with Crippen LogP contribution >= 0.6 is 0 Å². The van der Waals surface area contributed by atoms with Crippen LogP contribution in [0.5, 0.6) is 0 Å². The summed E-state index contributed by atoms with van der Waals surface area (Å²) in [7, 11) is 0. The second-order valence-corrected chi connectivity index (χ2v) is 15.6. The van der Waals surface area contributed by atoms with Crippen LogP contribution in [0.15, 0.2) is 30.3 Å². The summed E-state index contributed by atoms with van der Waals surface area (Å²) in [4.78, 5) is 51.1. The largest absolute Gasteiger partial charge is 0.481 e. The quantitative estimate of drug-likeness (QED) is 0.114. The maximum Gasteiger partial charge on any atom is 0.407 e. The number of amides is 1. The van der Waals surface area contributed by atoms with Crippen LogP contribution in [0.1, 0.15) is 108 Å². The van der Waals surface area contributed by atoms with Crippen LogP contribution in [0.2, 0.25) is 0 Å². The molecule has 0 saturated carbocycles. The fourth-order valence-corrected chi connectivity index (χ4v) is 5.32. The van der Waals surface area contributed by atoms with Crippen molar-refractivity contribution in [1.82, 2.24) is 10.4 Å². The molecule has 2 rings (SSSR count). The summed E-state index contributed by atoms with van der Waals surface area (Å²) in [6.45, 7) is 25.5. The van der Waals surface area contributed by atoms with Crippen LogP contribution in [-0.4, -0.2) is 69.4 Å². The standard InChI is InChI=1S/C16H23NO2.C14H27NO4.C8H17NO2.CH3.Pd/c1-11(2)12(3)15-13(4)16(18)19-17(15)10-14-8-6-5-7-9-14;1-9(2)7-11(10(3)12(17)8-16)15-13(18)19-14(4,5)6;1-5(2)4-7(9)6(3)8(10)11;;/h5-9,11-13,15H,10H2,1-4H3;9-11,16H,7-8H2,1-6H3,(H,15,18);5-7H,4,9H2,1-3H3,(H,10,11);1H3;/q;;;-1;/t12?,13-,15-;10-,11-;6-,7-;;/m111../s1. The molecule has 0 aliphatic carbocycles. The van der Waals surface area contributed by atoms with E-state index in [1.54, 1.807) is 34.6 Å². The van der Waals surface area contributed by atoms with E-state index in [1.165, 1.54) is 5.56 Å². The predicted molar refractivity (Wildman–Crippen MR) is 200 cm³/mol. The molecule has 1 aliphatic rings. The minimum atomic E-state index is -0.807. The normalized spacial score (nSPS) is 18.7. The number of hydrogen-bond donors (Lipinski definition) is 4. The van der Waals surface area contributed by atoms with Gasteiger partial charge in [0.25, 0.3) is 0 Å². The van der Waals surface area contributed by atoms with Crippen molar-refractivity contribution in [3.63, 3.8) is 0 Å². The van der Waals surface area contributed by atoms with Gasteiger partial charge in [0, 0.05) is 38.4 Å². The van der Waals surface area contributed by atoms with Gasteiger partial charge in [-0.2, -0.15) is 0 Å². The van der Waals surface area contributed by atoms with E-state index in [0.29, 0.717) is 36.6 Å². The number of hydroxylamine groups is 2. The van der Waals surface area contributed by atoms with Crippen molar-refractivity contribution in [2.75, 3.05) is 6.61 Å². The predicted octanol–water partition coefficient (Wildman–Crippen LogP) is 6.91. The number of aliphatic carboxylic acids is 1. The first-order valence-electron chi connectivity index (χ1n) is 17.7. The Morgan fingerprint density at radius 3 is 1.86 bits per heavy atom. The monoisotopic (exact) mass is 814 g/mol. The molecular formula is C39H70N3O8Pd-. The van der Waals surface area contributed by atoms with Crippen molar-refractivity contribution in [3.8, 4) is 0 Å². The van der Waals surface area contributed by atoms with Gasteiger partial charge in [-0.3, -0.25) is 9.59 Å². The van der Waals surface area contributed by atoms with Crippen molar-refractivity contribution in [1.29, 1.82) is 0 Å². The molecule has 0 aromatic heterocycles. The van der Waals surface area contributed by atoms with Gasteiger partial charge in [0.05, 0.1) is 24.4 Å². The van der Waals surface area contributed by atoms with Gasteiger partial charge in [-0.15, -0.1) is 5.06 Å². The van der Waals surface area contributed by atoms with Crippen LogP contribution in [-0.2, 0) is 50.9 Å². The number of carboxylic acid groups (broad SMARTS) is 1. The smallest absolute Gasteiger partial charge is 0.407 e. The number of nitrogens with two attached hydrogens (primary N) is 1. The molecule has 0 bridgehead atoms. The number of Topliss-reactive ketones (excluding diaryl/α,β-unsaturated/α-hetero) is 1. The molecule has 0 spiro atoms. The first kappa shape index (κ1) is 53.0. The molecule has 1 aromatic rings. The maximum atomic E-state index is 11.8. The van der Waals surface area contributed by atoms with Crippen molar-refractivity contribution in [2.24, 2.45) is 47.2 Å². The molecule has 1 unspecified atom stereocenters. The first-order valence-corrected chi connectivity index (χ1v) is 17.7. The minimum Gasteiger partial charge on any atom is -0.481 e. The van der Waals surface area contributed by atoms with Crippen molar-refractivity contribution < 1.29 is 59.4 Å². The Morgan fingerprint density at radius 1 is 0.941 bits per heavy atom. The van der Waals surface area contributed by atoms with E-state index in [0.717, 1.165) is 6.42 Å². The number of aliphatic hydroxyl groups is 1. The molecule has 0 radical (unpaired) electrons. The van der Waals surface area contributed by atoms with Crippen LogP contribution < -0.4 is 11.1 Å². The zero-order valence-corrected chi connectivity index (χ0v) is 35.2. The number of aliphatic hydroxyl groups excluding tert-OH is 1. The molecule has 11 nitrogen and oxygen atoms in total. The number of carboxylic acids is 1. The van der Waals surface area contributed by atoms with Crippen LogP contribution in [0.4, 0.5) is 4.79 Å². The number of benzene rings is 1. The van der Waals surface area contributed by atoms with Gasteiger partial charge in [0.2, 0.25) is 0 Å². The third kappa shape index (κ3) is 21.1. The molecule has 7 atom stereocenters. The van der Waals surface area contributed by atoms with E-state index in [9.17, 15) is 19.2 Å². The molecule has 1 aromatic carbocycles. The number of carbonyl (C=O) groups is 4. The van der Waals surface area contributed by atoms with E-state index in [-0.39, 0.29) is 63.6 Å². The second-order valence-electron chi connectivity index (χ2n) is 15.6. The summed E-state index contributed by atoms with van der Waals surface area (Å²) in [5.41, 5.74) is 6.24. The average Bonchev–Trinajstić information content (AvgIpc) is 3.26. The van der Waals surface area contributed by atoms with E-state index >= 15 is 0 Å². The van der Waals surface area contributed by atoms with Crippen LogP contribution in [0, 0.1) is 48.9 Å². The van der Waals surface area contributed by atoms with Crippen molar-refractivity contribution >= 4 is 23.8 Å². The number of hydrogen-bond acceptors (Lipinski definition) is 9. The average molecular weight is 815 g/mol. The number of nitrogens with one attached hydrogen (secondary N) is 1. The number of ketones is 1. The third-order valence-corrected chi connectivity index (χ3v) is 8.67. The zero-order chi connectivity index (χ0) is 38.2. The summed E-state index contributed by atoms with van der Waals surface area (Å²) >= 11 is 0. The van der Waals surface area contributed by atoms with Crippen LogP contribution in [0.25, 0.3) is 0 Å². The SMILES string of the molecule is CC(C)C(C)[C@@H]1[C@@H](C)C(=O)ON1Cc1ccccc1.CC(C)C[C@@H](N)[C@@H](C)C(=O)O.CC(C)C[C@@H](NC(=O)OC(C)(C)C)[C@@H](C)C(=O)CO.[CH3-].[Pd]. The fourth-order valence-electron chi connectivity index (χ4n) is 5.32. The molecule has 1 heterocycles. The molecule has 300 valence electrons. The molecule has 5 N–H and O–H groups in total. The fraction of sp³-hybridized carbons (Fsp3) is 0.718. The van der Waals surface area contributed by atoms with E-state index in [2.05, 4.69) is 38.2 Å².